The highest BCUT2D eigenvalue weighted by Crippen LogP contribution is 2.15. The van der Waals surface area contributed by atoms with Crippen molar-refractivity contribution in [1.29, 1.82) is 0 Å². The summed E-state index contributed by atoms with van der Waals surface area (Å²) in [5, 5.41) is 2.50. The predicted molar refractivity (Wildman–Crippen MR) is 66.3 cm³/mol. The van der Waals surface area contributed by atoms with Crippen LogP contribution >= 0.6 is 0 Å². The Labute approximate surface area is 111 Å². The van der Waals surface area contributed by atoms with Crippen LogP contribution < -0.4 is 10.1 Å². The number of hydrogen-bond donors (Lipinski definition) is 1. The van der Waals surface area contributed by atoms with E-state index in [0.29, 0.717) is 19.0 Å². The van der Waals surface area contributed by atoms with Gasteiger partial charge in [0.05, 0.1) is 13.1 Å². The van der Waals surface area contributed by atoms with E-state index in [1.54, 1.807) is 17.2 Å². The summed E-state index contributed by atoms with van der Waals surface area (Å²) in [6, 6.07) is 1.68. The van der Waals surface area contributed by atoms with Crippen molar-refractivity contribution in [1.82, 2.24) is 20.2 Å². The summed E-state index contributed by atoms with van der Waals surface area (Å²) in [4.78, 5) is 32.0. The van der Waals surface area contributed by atoms with Gasteiger partial charge in [-0.25, -0.2) is 9.97 Å². The molecule has 7 nitrogen and oxygen atoms in total. The van der Waals surface area contributed by atoms with Crippen molar-refractivity contribution < 1.29 is 14.3 Å². The summed E-state index contributed by atoms with van der Waals surface area (Å²) in [5.74, 6) is 0.210. The fraction of sp³-hybridized carbons (Fsp3) is 0.500. The maximum absolute atomic E-state index is 11.8. The zero-order chi connectivity index (χ0) is 13.7. The predicted octanol–water partition coefficient (Wildman–Crippen LogP) is -0.408. The minimum absolute atomic E-state index is 0.0373. The Balaban J connectivity index is 1.80. The lowest BCUT2D eigenvalue weighted by Crippen LogP contribution is -2.39. The van der Waals surface area contributed by atoms with Crippen LogP contribution in [0.1, 0.15) is 13.3 Å². The number of nitrogens with zero attached hydrogens (tertiary/aromatic N) is 3. The van der Waals surface area contributed by atoms with Crippen LogP contribution in [0.2, 0.25) is 0 Å². The average Bonchev–Trinajstić information content (AvgIpc) is 2.85. The maximum Gasteiger partial charge on any atom is 0.242 e. The Morgan fingerprint density at radius 1 is 1.58 bits per heavy atom. The second-order valence-corrected chi connectivity index (χ2v) is 4.33. The average molecular weight is 264 g/mol. The van der Waals surface area contributed by atoms with Gasteiger partial charge in [0.15, 0.2) is 0 Å². The number of likely N-dealkylation sites (tertiary alicyclic amines) is 1. The van der Waals surface area contributed by atoms with Crippen LogP contribution in [0.3, 0.4) is 0 Å². The number of hydrogen-bond acceptors (Lipinski definition) is 5. The minimum Gasteiger partial charge on any atom is -0.472 e. The van der Waals surface area contributed by atoms with Crippen molar-refractivity contribution in [3.63, 3.8) is 0 Å². The first-order valence-electron chi connectivity index (χ1n) is 6.10. The van der Waals surface area contributed by atoms with E-state index in [2.05, 4.69) is 15.3 Å². The first-order valence-corrected chi connectivity index (χ1v) is 6.10. The Bertz CT molecular complexity index is 452. The van der Waals surface area contributed by atoms with Crippen molar-refractivity contribution in [2.75, 3.05) is 19.6 Å². The molecule has 2 rings (SSSR count). The lowest BCUT2D eigenvalue weighted by molar-refractivity contribution is -0.131. The van der Waals surface area contributed by atoms with Crippen molar-refractivity contribution in [3.05, 3.63) is 18.6 Å². The molecule has 0 saturated carbocycles. The van der Waals surface area contributed by atoms with Gasteiger partial charge in [0.1, 0.15) is 12.4 Å². The number of aromatic nitrogens is 2. The highest BCUT2D eigenvalue weighted by atomic mass is 16.5. The smallest absolute Gasteiger partial charge is 0.242 e. The van der Waals surface area contributed by atoms with Gasteiger partial charge in [-0.05, 0) is 0 Å². The van der Waals surface area contributed by atoms with Crippen LogP contribution in [-0.2, 0) is 9.59 Å². The van der Waals surface area contributed by atoms with Crippen LogP contribution in [0.25, 0.3) is 0 Å². The van der Waals surface area contributed by atoms with Gasteiger partial charge in [-0.2, -0.15) is 0 Å². The highest BCUT2D eigenvalue weighted by Gasteiger charge is 2.27. The summed E-state index contributed by atoms with van der Waals surface area (Å²) in [6.45, 7) is 2.57. The normalized spacial score (nSPS) is 18.2. The Morgan fingerprint density at radius 2 is 2.42 bits per heavy atom. The van der Waals surface area contributed by atoms with E-state index < -0.39 is 0 Å². The van der Waals surface area contributed by atoms with E-state index >= 15 is 0 Å². The third kappa shape index (κ3) is 3.90. The maximum atomic E-state index is 11.8. The molecule has 1 aliphatic rings. The third-order valence-corrected chi connectivity index (χ3v) is 2.83. The molecule has 0 bridgehead atoms. The van der Waals surface area contributed by atoms with Gasteiger partial charge in [0.2, 0.25) is 17.7 Å². The summed E-state index contributed by atoms with van der Waals surface area (Å²) in [7, 11) is 0. The fourth-order valence-corrected chi connectivity index (χ4v) is 1.88. The highest BCUT2D eigenvalue weighted by molar-refractivity contribution is 5.83. The molecular weight excluding hydrogens is 248 g/mol. The van der Waals surface area contributed by atoms with Gasteiger partial charge in [0, 0.05) is 32.2 Å². The van der Waals surface area contributed by atoms with Crippen molar-refractivity contribution in [3.8, 4) is 5.88 Å². The van der Waals surface area contributed by atoms with Crippen molar-refractivity contribution in [2.24, 2.45) is 0 Å². The molecule has 19 heavy (non-hydrogen) atoms. The summed E-state index contributed by atoms with van der Waals surface area (Å²) in [6.07, 6.45) is 3.73. The van der Waals surface area contributed by atoms with Crippen LogP contribution in [0.15, 0.2) is 18.6 Å². The number of nitrogens with one attached hydrogen (secondary N) is 1. The molecule has 0 aromatic carbocycles. The fourth-order valence-electron chi connectivity index (χ4n) is 1.88. The summed E-state index contributed by atoms with van der Waals surface area (Å²) in [5.41, 5.74) is 0. The molecule has 0 radical (unpaired) electrons. The summed E-state index contributed by atoms with van der Waals surface area (Å²) < 4.78 is 5.65. The second kappa shape index (κ2) is 6.12. The molecular formula is C12H16N4O3. The van der Waals surface area contributed by atoms with E-state index in [-0.39, 0.29) is 24.5 Å². The van der Waals surface area contributed by atoms with Crippen molar-refractivity contribution in [2.45, 2.75) is 19.4 Å². The number of ether oxygens (including phenoxy) is 1. The molecule has 1 atom stereocenters. The lowest BCUT2D eigenvalue weighted by atomic mass is 10.3. The molecule has 2 heterocycles. The summed E-state index contributed by atoms with van der Waals surface area (Å²) >= 11 is 0. The molecule has 1 N–H and O–H groups in total. The van der Waals surface area contributed by atoms with Crippen LogP contribution in [0, 0.1) is 0 Å². The topological polar surface area (TPSA) is 84.4 Å². The Morgan fingerprint density at radius 3 is 3.11 bits per heavy atom. The molecule has 2 amide bonds. The largest absolute Gasteiger partial charge is 0.472 e. The van der Waals surface area contributed by atoms with E-state index in [1.165, 1.54) is 13.3 Å². The molecule has 0 unspecified atom stereocenters. The molecule has 0 spiro atoms. The molecule has 1 fully saturated rings. The lowest BCUT2D eigenvalue weighted by Gasteiger charge is -2.16. The first kappa shape index (κ1) is 13.3. The van der Waals surface area contributed by atoms with Gasteiger partial charge >= 0.3 is 0 Å². The third-order valence-electron chi connectivity index (χ3n) is 2.83. The van der Waals surface area contributed by atoms with Crippen LogP contribution in [0.5, 0.6) is 5.88 Å². The Hall–Kier alpha value is -2.18. The zero-order valence-corrected chi connectivity index (χ0v) is 10.7. The number of carbonyl (C=O) groups excluding carboxylic acids is 2. The SMILES string of the molecule is CC(=O)NCC(=O)N1CC[C@H](Oc2ccncn2)C1. The molecule has 0 aliphatic carbocycles. The molecule has 1 saturated heterocycles. The van der Waals surface area contributed by atoms with Gasteiger partial charge in [0.25, 0.3) is 0 Å². The van der Waals surface area contributed by atoms with E-state index in [4.69, 9.17) is 4.74 Å². The minimum atomic E-state index is -0.207. The monoisotopic (exact) mass is 264 g/mol. The number of rotatable bonds is 4. The molecule has 1 aliphatic heterocycles. The standard InChI is InChI=1S/C12H16N4O3/c1-9(17)14-6-12(18)16-5-3-10(7-16)19-11-2-4-13-8-15-11/h2,4,8,10H,3,5-7H2,1H3,(H,14,17)/t10-/m0/s1. The van der Waals surface area contributed by atoms with E-state index in [1.807, 2.05) is 0 Å². The van der Waals surface area contributed by atoms with E-state index in [0.717, 1.165) is 6.42 Å². The molecule has 1 aromatic rings. The van der Waals surface area contributed by atoms with Crippen LogP contribution in [0.4, 0.5) is 0 Å². The molecule has 7 heteroatoms. The second-order valence-electron chi connectivity index (χ2n) is 4.33. The zero-order valence-electron chi connectivity index (χ0n) is 10.7. The number of carbonyl (C=O) groups is 2. The number of amides is 2. The molecule has 102 valence electrons. The van der Waals surface area contributed by atoms with E-state index in [9.17, 15) is 9.59 Å². The van der Waals surface area contributed by atoms with Crippen molar-refractivity contribution >= 4 is 11.8 Å². The van der Waals surface area contributed by atoms with Gasteiger partial charge in [-0.3, -0.25) is 9.59 Å². The van der Waals surface area contributed by atoms with Gasteiger partial charge in [-0.15, -0.1) is 0 Å². The van der Waals surface area contributed by atoms with Crippen LogP contribution in [-0.4, -0.2) is 52.4 Å². The Kier molecular flexibility index (Phi) is 4.27. The first-order chi connectivity index (χ1) is 9.15. The quantitative estimate of drug-likeness (QED) is 0.799. The molecule has 1 aromatic heterocycles. The van der Waals surface area contributed by atoms with Gasteiger partial charge in [-0.1, -0.05) is 0 Å². The van der Waals surface area contributed by atoms with Gasteiger partial charge < -0.3 is 15.0 Å².